The summed E-state index contributed by atoms with van der Waals surface area (Å²) in [5.74, 6) is -0.0451. The summed E-state index contributed by atoms with van der Waals surface area (Å²) in [5, 5.41) is 0. The molecule has 122 valence electrons. The van der Waals surface area contributed by atoms with E-state index in [9.17, 15) is 9.59 Å². The van der Waals surface area contributed by atoms with Crippen molar-refractivity contribution in [2.45, 2.75) is 26.1 Å². The van der Waals surface area contributed by atoms with E-state index in [1.54, 1.807) is 7.11 Å². The molecule has 0 bridgehead atoms. The number of carbonyl (C=O) groups is 2. The number of Topliss-reactive ketones (excluding diaryl/α,β-unsaturated/α-hetero) is 1. The molecular formula is C16H22O6. The minimum Gasteiger partial charge on any atom is -0.434 e. The normalized spacial score (nSPS) is 11.7. The predicted octanol–water partition coefficient (Wildman–Crippen LogP) is 2.35. The summed E-state index contributed by atoms with van der Waals surface area (Å²) in [7, 11) is 1.55. The highest BCUT2D eigenvalue weighted by Gasteiger charge is 2.13. The lowest BCUT2D eigenvalue weighted by Gasteiger charge is -2.17. The van der Waals surface area contributed by atoms with Gasteiger partial charge in [0.25, 0.3) is 0 Å². The van der Waals surface area contributed by atoms with Crippen LogP contribution in [0.5, 0.6) is 0 Å². The van der Waals surface area contributed by atoms with Gasteiger partial charge in [0.05, 0.1) is 13.2 Å². The van der Waals surface area contributed by atoms with E-state index in [4.69, 9.17) is 18.9 Å². The molecule has 22 heavy (non-hydrogen) atoms. The van der Waals surface area contributed by atoms with E-state index in [0.717, 1.165) is 5.56 Å². The summed E-state index contributed by atoms with van der Waals surface area (Å²) >= 11 is 0. The van der Waals surface area contributed by atoms with Crippen LogP contribution in [0.2, 0.25) is 0 Å². The van der Waals surface area contributed by atoms with Crippen LogP contribution in [0.15, 0.2) is 30.3 Å². The Morgan fingerprint density at radius 3 is 2.45 bits per heavy atom. The van der Waals surface area contributed by atoms with Gasteiger partial charge in [-0.15, -0.1) is 0 Å². The van der Waals surface area contributed by atoms with Crippen LogP contribution in [0.4, 0.5) is 4.79 Å². The summed E-state index contributed by atoms with van der Waals surface area (Å²) < 4.78 is 20.4. The van der Waals surface area contributed by atoms with Gasteiger partial charge in [-0.2, -0.15) is 0 Å². The zero-order chi connectivity index (χ0) is 16.2. The van der Waals surface area contributed by atoms with Crippen molar-refractivity contribution in [2.24, 2.45) is 0 Å². The summed E-state index contributed by atoms with van der Waals surface area (Å²) in [5.41, 5.74) is 1.02. The zero-order valence-corrected chi connectivity index (χ0v) is 12.9. The van der Waals surface area contributed by atoms with E-state index in [-0.39, 0.29) is 31.5 Å². The van der Waals surface area contributed by atoms with Crippen molar-refractivity contribution in [3.63, 3.8) is 0 Å². The summed E-state index contributed by atoms with van der Waals surface area (Å²) in [6.07, 6.45) is -1.02. The highest BCUT2D eigenvalue weighted by Crippen LogP contribution is 2.05. The number of benzene rings is 1. The van der Waals surface area contributed by atoms with Crippen molar-refractivity contribution in [3.05, 3.63) is 35.9 Å². The van der Waals surface area contributed by atoms with Gasteiger partial charge in [0.15, 0.2) is 0 Å². The first-order chi connectivity index (χ1) is 10.6. The number of methoxy groups -OCH3 is 1. The third-order valence-electron chi connectivity index (χ3n) is 2.74. The van der Waals surface area contributed by atoms with Gasteiger partial charge in [-0.05, 0) is 12.5 Å². The van der Waals surface area contributed by atoms with Crippen LogP contribution in [0.25, 0.3) is 0 Å². The molecule has 1 unspecified atom stereocenters. The molecule has 0 fully saturated rings. The monoisotopic (exact) mass is 310 g/mol. The largest absolute Gasteiger partial charge is 0.508 e. The summed E-state index contributed by atoms with van der Waals surface area (Å²) in [6, 6.07) is 9.66. The maximum Gasteiger partial charge on any atom is 0.508 e. The van der Waals surface area contributed by atoms with Crippen molar-refractivity contribution in [2.75, 3.05) is 26.9 Å². The Bertz CT molecular complexity index is 445. The molecule has 0 saturated carbocycles. The van der Waals surface area contributed by atoms with Gasteiger partial charge in [0.2, 0.25) is 0 Å². The average molecular weight is 310 g/mol. The van der Waals surface area contributed by atoms with Crippen LogP contribution in [-0.2, 0) is 30.3 Å². The van der Waals surface area contributed by atoms with Gasteiger partial charge in [0.1, 0.15) is 25.1 Å². The van der Waals surface area contributed by atoms with Crippen molar-refractivity contribution in [1.29, 1.82) is 0 Å². The lowest BCUT2D eigenvalue weighted by molar-refractivity contribution is -0.117. The van der Waals surface area contributed by atoms with E-state index >= 15 is 0 Å². The zero-order valence-electron chi connectivity index (χ0n) is 12.9. The molecule has 0 saturated heterocycles. The first-order valence-corrected chi connectivity index (χ1v) is 7.05. The molecule has 6 nitrogen and oxygen atoms in total. The van der Waals surface area contributed by atoms with Crippen LogP contribution in [-0.4, -0.2) is 45.0 Å². The number of ketones is 1. The van der Waals surface area contributed by atoms with Crippen LogP contribution in [0, 0.1) is 0 Å². The molecule has 0 aliphatic carbocycles. The van der Waals surface area contributed by atoms with Gasteiger partial charge >= 0.3 is 6.16 Å². The second-order valence-electron chi connectivity index (χ2n) is 4.74. The number of hydrogen-bond donors (Lipinski definition) is 0. The Balaban J connectivity index is 2.28. The number of ether oxygens (including phenoxy) is 4. The Hall–Kier alpha value is -1.92. The molecule has 0 spiro atoms. The summed E-state index contributed by atoms with van der Waals surface area (Å²) in [4.78, 5) is 22.1. The van der Waals surface area contributed by atoms with Crippen molar-refractivity contribution >= 4 is 11.9 Å². The maximum atomic E-state index is 11.4. The molecule has 1 aromatic rings. The maximum absolute atomic E-state index is 11.4. The van der Waals surface area contributed by atoms with Crippen molar-refractivity contribution in [1.82, 2.24) is 0 Å². The molecule has 6 heteroatoms. The molecule has 1 aromatic carbocycles. The predicted molar refractivity (Wildman–Crippen MR) is 79.5 cm³/mol. The molecular weight excluding hydrogens is 288 g/mol. The fourth-order valence-corrected chi connectivity index (χ4v) is 1.60. The minimum absolute atomic E-state index is 0.0218. The number of hydrogen-bond acceptors (Lipinski definition) is 6. The molecule has 1 atom stereocenters. The molecule has 1 rings (SSSR count). The summed E-state index contributed by atoms with van der Waals surface area (Å²) in [6.45, 7) is 2.18. The van der Waals surface area contributed by atoms with Gasteiger partial charge < -0.3 is 18.9 Å². The van der Waals surface area contributed by atoms with Crippen LogP contribution >= 0.6 is 0 Å². The Labute approximate surface area is 130 Å². The Morgan fingerprint density at radius 2 is 1.82 bits per heavy atom. The number of rotatable bonds is 10. The van der Waals surface area contributed by atoms with Crippen molar-refractivity contribution < 1.29 is 28.5 Å². The van der Waals surface area contributed by atoms with E-state index in [2.05, 4.69) is 0 Å². The topological polar surface area (TPSA) is 71.1 Å². The highest BCUT2D eigenvalue weighted by molar-refractivity contribution is 5.75. The van der Waals surface area contributed by atoms with Gasteiger partial charge in [-0.25, -0.2) is 4.79 Å². The second-order valence-corrected chi connectivity index (χ2v) is 4.74. The fraction of sp³-hybridized carbons (Fsp3) is 0.500. The van der Waals surface area contributed by atoms with Gasteiger partial charge in [0, 0.05) is 13.5 Å². The highest BCUT2D eigenvalue weighted by atomic mass is 16.7. The van der Waals surface area contributed by atoms with E-state index in [1.165, 1.54) is 6.92 Å². The standard InChI is InChI=1S/C16H22O6/c1-13(17)8-9-20-16(18)22-12-15(11-19-2)21-10-14-6-4-3-5-7-14/h3-7,15H,8-12H2,1-2H3. The van der Waals surface area contributed by atoms with Crippen LogP contribution < -0.4 is 0 Å². The van der Waals surface area contributed by atoms with Gasteiger partial charge in [-0.3, -0.25) is 4.79 Å². The first kappa shape index (κ1) is 18.1. The lowest BCUT2D eigenvalue weighted by Crippen LogP contribution is -2.27. The average Bonchev–Trinajstić information content (AvgIpc) is 2.50. The number of carbonyl (C=O) groups excluding carboxylic acids is 2. The Kier molecular flexibility index (Phi) is 8.86. The first-order valence-electron chi connectivity index (χ1n) is 7.05. The quantitative estimate of drug-likeness (QED) is 0.618. The van der Waals surface area contributed by atoms with Gasteiger partial charge in [-0.1, -0.05) is 30.3 Å². The smallest absolute Gasteiger partial charge is 0.434 e. The molecule has 0 aromatic heterocycles. The lowest BCUT2D eigenvalue weighted by atomic mass is 10.2. The third-order valence-corrected chi connectivity index (χ3v) is 2.74. The van der Waals surface area contributed by atoms with Crippen molar-refractivity contribution in [3.8, 4) is 0 Å². The fourth-order valence-electron chi connectivity index (χ4n) is 1.60. The molecule has 0 aliphatic heterocycles. The van der Waals surface area contributed by atoms with Crippen LogP contribution in [0.1, 0.15) is 18.9 Å². The molecule has 0 N–H and O–H groups in total. The van der Waals surface area contributed by atoms with E-state index in [1.807, 2.05) is 30.3 Å². The minimum atomic E-state index is -0.814. The molecule has 0 radical (unpaired) electrons. The Morgan fingerprint density at radius 1 is 1.09 bits per heavy atom. The molecule has 0 amide bonds. The van der Waals surface area contributed by atoms with Crippen LogP contribution in [0.3, 0.4) is 0 Å². The second kappa shape index (κ2) is 10.8. The molecule has 0 heterocycles. The molecule has 0 aliphatic rings. The third kappa shape index (κ3) is 8.39. The van der Waals surface area contributed by atoms with E-state index in [0.29, 0.717) is 13.2 Å². The van der Waals surface area contributed by atoms with E-state index < -0.39 is 6.16 Å². The SMILES string of the molecule is COCC(COC(=O)OCCC(C)=O)OCc1ccccc1.